The number of hydrogen-bond donors (Lipinski definition) is 1. The van der Waals surface area contributed by atoms with Gasteiger partial charge in [0.25, 0.3) is 0 Å². The molecule has 2 aliphatic heterocycles. The molecule has 2 aromatic rings. The highest BCUT2D eigenvalue weighted by Gasteiger charge is 2.36. The minimum atomic E-state index is -0.389. The lowest BCUT2D eigenvalue weighted by molar-refractivity contribution is -0.122. The van der Waals surface area contributed by atoms with Crippen molar-refractivity contribution in [2.24, 2.45) is 5.92 Å². The van der Waals surface area contributed by atoms with E-state index in [1.165, 1.54) is 12.8 Å². The molecular weight excluding hydrogens is 362 g/mol. The van der Waals surface area contributed by atoms with E-state index in [1.54, 1.807) is 11.0 Å². The summed E-state index contributed by atoms with van der Waals surface area (Å²) in [6, 6.07) is 15.1. The normalized spacial score (nSPS) is 19.6. The van der Waals surface area contributed by atoms with Crippen molar-refractivity contribution in [1.29, 1.82) is 0 Å². The lowest BCUT2D eigenvalue weighted by atomic mass is 10.1. The summed E-state index contributed by atoms with van der Waals surface area (Å²) in [6.45, 7) is 2.37. The zero-order chi connectivity index (χ0) is 18.8. The quantitative estimate of drug-likeness (QED) is 0.870. The van der Waals surface area contributed by atoms with Crippen molar-refractivity contribution in [2.45, 2.75) is 19.3 Å². The van der Waals surface area contributed by atoms with E-state index in [0.717, 1.165) is 24.5 Å². The Morgan fingerprint density at radius 1 is 1.00 bits per heavy atom. The fourth-order valence-corrected chi connectivity index (χ4v) is 4.07. The smallest absolute Gasteiger partial charge is 0.229 e. The van der Waals surface area contributed by atoms with E-state index in [-0.39, 0.29) is 24.2 Å². The second kappa shape index (κ2) is 7.61. The molecule has 6 heteroatoms. The summed E-state index contributed by atoms with van der Waals surface area (Å²) in [5.74, 6) is -0.582. The summed E-state index contributed by atoms with van der Waals surface area (Å²) in [5, 5.41) is 3.56. The van der Waals surface area contributed by atoms with Crippen molar-refractivity contribution in [3.63, 3.8) is 0 Å². The van der Waals surface area contributed by atoms with Crippen molar-refractivity contribution in [1.82, 2.24) is 0 Å². The number of benzene rings is 2. The highest BCUT2D eigenvalue weighted by molar-refractivity contribution is 6.33. The third-order valence-electron chi connectivity index (χ3n) is 5.25. The first-order chi connectivity index (χ1) is 13.1. The first kappa shape index (κ1) is 17.9. The average molecular weight is 384 g/mol. The predicted octanol–water partition coefficient (Wildman–Crippen LogP) is 3.93. The van der Waals surface area contributed by atoms with E-state index in [0.29, 0.717) is 17.3 Å². The van der Waals surface area contributed by atoms with E-state index in [1.807, 2.05) is 42.5 Å². The van der Waals surface area contributed by atoms with E-state index in [9.17, 15) is 9.59 Å². The Hall–Kier alpha value is -2.53. The van der Waals surface area contributed by atoms with Gasteiger partial charge in [-0.25, -0.2) is 0 Å². The van der Waals surface area contributed by atoms with Gasteiger partial charge in [-0.15, -0.1) is 0 Å². The number of nitrogens with one attached hydrogen (secondary N) is 1. The molecule has 4 rings (SSSR count). The first-order valence-electron chi connectivity index (χ1n) is 9.33. The second-order valence-corrected chi connectivity index (χ2v) is 7.46. The van der Waals surface area contributed by atoms with Crippen molar-refractivity contribution >= 4 is 40.5 Å². The number of anilines is 3. The molecule has 0 saturated carbocycles. The van der Waals surface area contributed by atoms with Gasteiger partial charge in [-0.1, -0.05) is 35.9 Å². The Balaban J connectivity index is 1.49. The lowest BCUT2D eigenvalue weighted by Gasteiger charge is -2.22. The van der Waals surface area contributed by atoms with Crippen LogP contribution in [0.15, 0.2) is 48.5 Å². The summed E-state index contributed by atoms with van der Waals surface area (Å²) >= 11 is 6.22. The topological polar surface area (TPSA) is 52.7 Å². The number of hydrogen-bond acceptors (Lipinski definition) is 3. The highest BCUT2D eigenvalue weighted by Crippen LogP contribution is 2.33. The third-order valence-corrected chi connectivity index (χ3v) is 5.57. The molecule has 27 heavy (non-hydrogen) atoms. The highest BCUT2D eigenvalue weighted by atomic mass is 35.5. The number of para-hydroxylation sites is 3. The summed E-state index contributed by atoms with van der Waals surface area (Å²) < 4.78 is 0. The summed E-state index contributed by atoms with van der Waals surface area (Å²) in [4.78, 5) is 29.2. The number of carbonyl (C=O) groups excluding carboxylic acids is 2. The summed E-state index contributed by atoms with van der Waals surface area (Å²) in [5.41, 5.74) is 2.53. The standard InChI is InChI=1S/C21H22ClN3O2/c22-16-7-1-3-9-18(16)25-14-15(13-20(25)26)21(27)23-17-8-2-4-10-19(17)24-11-5-6-12-24/h1-4,7-10,15H,5-6,11-14H2,(H,23,27). The van der Waals surface area contributed by atoms with Crippen LogP contribution in [0.1, 0.15) is 19.3 Å². The van der Waals surface area contributed by atoms with E-state index in [4.69, 9.17) is 11.6 Å². The van der Waals surface area contributed by atoms with Gasteiger partial charge >= 0.3 is 0 Å². The summed E-state index contributed by atoms with van der Waals surface area (Å²) in [7, 11) is 0. The number of nitrogens with zero attached hydrogens (tertiary/aromatic N) is 2. The number of carbonyl (C=O) groups is 2. The number of halogens is 1. The van der Waals surface area contributed by atoms with Crippen molar-refractivity contribution in [2.75, 3.05) is 34.8 Å². The Kier molecular flexibility index (Phi) is 5.03. The van der Waals surface area contributed by atoms with Crippen LogP contribution in [0.2, 0.25) is 5.02 Å². The van der Waals surface area contributed by atoms with Gasteiger partial charge in [0.1, 0.15) is 0 Å². The van der Waals surface area contributed by atoms with Crippen molar-refractivity contribution in [3.8, 4) is 0 Å². The second-order valence-electron chi connectivity index (χ2n) is 7.06. The van der Waals surface area contributed by atoms with Crippen LogP contribution in [0, 0.1) is 5.92 Å². The average Bonchev–Trinajstić information content (AvgIpc) is 3.33. The molecule has 0 aromatic heterocycles. The Labute approximate surface area is 163 Å². The first-order valence-corrected chi connectivity index (χ1v) is 9.71. The van der Waals surface area contributed by atoms with Crippen LogP contribution in [-0.4, -0.2) is 31.4 Å². The zero-order valence-electron chi connectivity index (χ0n) is 15.0. The molecule has 0 spiro atoms. The molecule has 2 fully saturated rings. The molecule has 2 aromatic carbocycles. The summed E-state index contributed by atoms with van der Waals surface area (Å²) in [6.07, 6.45) is 2.54. The Bertz CT molecular complexity index is 864. The van der Waals surface area contributed by atoms with Gasteiger partial charge in [0.05, 0.1) is 28.0 Å². The van der Waals surface area contributed by atoms with Gasteiger partial charge in [0, 0.05) is 26.1 Å². The van der Waals surface area contributed by atoms with Gasteiger partial charge in [-0.2, -0.15) is 0 Å². The van der Waals surface area contributed by atoms with Gasteiger partial charge in [0.15, 0.2) is 0 Å². The molecule has 0 bridgehead atoms. The van der Waals surface area contributed by atoms with Crippen LogP contribution in [-0.2, 0) is 9.59 Å². The fraction of sp³-hybridized carbons (Fsp3) is 0.333. The van der Waals surface area contributed by atoms with Gasteiger partial charge < -0.3 is 15.1 Å². The maximum absolute atomic E-state index is 12.8. The monoisotopic (exact) mass is 383 g/mol. The molecule has 0 aliphatic carbocycles. The zero-order valence-corrected chi connectivity index (χ0v) is 15.8. The molecule has 2 heterocycles. The number of rotatable bonds is 4. The Morgan fingerprint density at radius 2 is 1.67 bits per heavy atom. The lowest BCUT2D eigenvalue weighted by Crippen LogP contribution is -2.29. The number of amides is 2. The van der Waals surface area contributed by atoms with Crippen LogP contribution < -0.4 is 15.1 Å². The molecule has 1 atom stereocenters. The van der Waals surface area contributed by atoms with Crippen LogP contribution in [0.25, 0.3) is 0 Å². The molecule has 0 radical (unpaired) electrons. The van der Waals surface area contributed by atoms with E-state index < -0.39 is 0 Å². The molecule has 2 amide bonds. The molecule has 2 aliphatic rings. The molecular formula is C21H22ClN3O2. The maximum Gasteiger partial charge on any atom is 0.229 e. The van der Waals surface area contributed by atoms with E-state index in [2.05, 4.69) is 10.2 Å². The molecule has 2 saturated heterocycles. The minimum Gasteiger partial charge on any atom is -0.370 e. The van der Waals surface area contributed by atoms with Crippen LogP contribution in [0.5, 0.6) is 0 Å². The maximum atomic E-state index is 12.8. The SMILES string of the molecule is O=C(Nc1ccccc1N1CCCC1)C1CC(=O)N(c2ccccc2Cl)C1. The minimum absolute atomic E-state index is 0.0731. The predicted molar refractivity (Wildman–Crippen MR) is 108 cm³/mol. The molecule has 140 valence electrons. The molecule has 1 N–H and O–H groups in total. The Morgan fingerprint density at radius 3 is 2.41 bits per heavy atom. The largest absolute Gasteiger partial charge is 0.370 e. The van der Waals surface area contributed by atoms with Crippen LogP contribution in [0.4, 0.5) is 17.1 Å². The fourth-order valence-electron chi connectivity index (χ4n) is 3.83. The van der Waals surface area contributed by atoms with Crippen LogP contribution in [0.3, 0.4) is 0 Å². The third kappa shape index (κ3) is 3.65. The van der Waals surface area contributed by atoms with Gasteiger partial charge in [-0.05, 0) is 37.1 Å². The van der Waals surface area contributed by atoms with E-state index >= 15 is 0 Å². The van der Waals surface area contributed by atoms with Gasteiger partial charge in [-0.3, -0.25) is 9.59 Å². The van der Waals surface area contributed by atoms with Crippen LogP contribution >= 0.6 is 11.6 Å². The van der Waals surface area contributed by atoms with Gasteiger partial charge in [0.2, 0.25) is 11.8 Å². The molecule has 5 nitrogen and oxygen atoms in total. The molecule has 1 unspecified atom stereocenters. The van der Waals surface area contributed by atoms with Crippen molar-refractivity contribution in [3.05, 3.63) is 53.6 Å². The van der Waals surface area contributed by atoms with Crippen molar-refractivity contribution < 1.29 is 9.59 Å².